The molecule has 8 N–H and O–H groups in total. The van der Waals surface area contributed by atoms with Gasteiger partial charge in [-0.05, 0) is 139 Å². The lowest BCUT2D eigenvalue weighted by Crippen LogP contribution is -2.63. The number of epoxide rings is 1. The Hall–Kier alpha value is -7.92. The van der Waals surface area contributed by atoms with Crippen LogP contribution in [-0.4, -0.2) is 334 Å². The topological polar surface area (TPSA) is 352 Å². The van der Waals surface area contributed by atoms with E-state index in [2.05, 4.69) is 204 Å². The van der Waals surface area contributed by atoms with Crippen molar-refractivity contribution in [3.63, 3.8) is 0 Å². The van der Waals surface area contributed by atoms with Crippen LogP contribution in [0.2, 0.25) is 0 Å². The van der Waals surface area contributed by atoms with Gasteiger partial charge in [0.1, 0.15) is 11.6 Å². The molecule has 10 saturated heterocycles. The highest BCUT2D eigenvalue weighted by Crippen LogP contribution is 2.46. The number of hydrogen-bond acceptors (Lipinski definition) is 28. The zero-order valence-corrected chi connectivity index (χ0v) is 81.9. The SMILES string of the molecule is C1CC2(CCO1)CO2.C=C1CCOCC1.CCOC(=O)n1nc(Nc2nc(C)ncc2F)c2c1C(C)(C)N(C(=O)Cl)C2.C[C@@H]1CN(Cc2ccccc2)[C@@H](C)CN1.C[C@@H]1CN(Cc2ccccc2)[C@@H](C)CN1CC1(O)CCOCC1.C[C@@H]1CN[C@@H](C)CN1CC1(O)CCOCC1.Cc1ncc(F)c(Nc2n[nH]c3c2CN(C(=O)N2C[C@@H](C)N(CC4(O)CCOCC4)C[C@@H]2C)C3(C)C)n1.[HH].[HH].[HH].[HH]. The summed E-state index contributed by atoms with van der Waals surface area (Å²) in [5.74, 6) is 0.148. The smallest absolute Gasteiger partial charge is 0.435 e. The number of H-pyrrole nitrogens is 1. The van der Waals surface area contributed by atoms with Crippen molar-refractivity contribution in [2.24, 2.45) is 0 Å². The fourth-order valence-electron chi connectivity index (χ4n) is 19.1. The lowest BCUT2D eigenvalue weighted by atomic mass is 9.92. The zero-order chi connectivity index (χ0) is 95.6. The Morgan fingerprint density at radius 3 is 1.41 bits per heavy atom. The number of carbonyl (C=O) groups excluding carboxylic acids is 3. The Bertz CT molecular complexity index is 4740. The molecule has 1 spiro atoms. The van der Waals surface area contributed by atoms with E-state index in [1.807, 2.05) is 23.6 Å². The fraction of sp³-hybridized carbons (Fsp3) is 0.680. The van der Waals surface area contributed by atoms with Gasteiger partial charge in [0.05, 0.1) is 96.8 Å². The second-order valence-electron chi connectivity index (χ2n) is 39.5. The summed E-state index contributed by atoms with van der Waals surface area (Å²) in [5.41, 5.74) is 3.65. The maximum absolute atomic E-state index is 14.3. The second kappa shape index (κ2) is 47.0. The molecule has 8 atom stereocenters. The third-order valence-electron chi connectivity index (χ3n) is 27.9. The van der Waals surface area contributed by atoms with Gasteiger partial charge in [0.15, 0.2) is 34.9 Å². The van der Waals surface area contributed by atoms with Crippen molar-refractivity contribution in [1.82, 2.24) is 89.7 Å². The van der Waals surface area contributed by atoms with Crippen molar-refractivity contribution in [2.75, 3.05) is 162 Å². The fourth-order valence-corrected chi connectivity index (χ4v) is 19.4. The second-order valence-corrected chi connectivity index (χ2v) is 39.8. The Labute approximate surface area is 795 Å². The van der Waals surface area contributed by atoms with E-state index in [0.717, 1.165) is 178 Å². The Balaban J connectivity index is 0.000000206. The van der Waals surface area contributed by atoms with E-state index < -0.39 is 51.0 Å². The summed E-state index contributed by atoms with van der Waals surface area (Å²) < 4.78 is 66.1. The highest BCUT2D eigenvalue weighted by Gasteiger charge is 2.51. The first kappa shape index (κ1) is 104. The van der Waals surface area contributed by atoms with E-state index in [9.17, 15) is 38.5 Å². The van der Waals surface area contributed by atoms with E-state index >= 15 is 0 Å². The number of β-amino-alcohol motifs (C(OH)–C–C–N with tert-alkyl or cyclic N) is 3. The number of anilines is 4. The van der Waals surface area contributed by atoms with E-state index in [4.69, 9.17) is 44.8 Å². The predicted molar refractivity (Wildman–Crippen MR) is 515 cm³/mol. The van der Waals surface area contributed by atoms with E-state index in [-0.39, 0.29) is 54.4 Å². The molecule has 10 fully saturated rings. The number of fused-ring (bicyclic) bond motifs is 2. The molecule has 3 amide bonds. The molecule has 744 valence electrons. The van der Waals surface area contributed by atoms with Gasteiger partial charge in [-0.2, -0.15) is 9.78 Å². The van der Waals surface area contributed by atoms with Crippen LogP contribution < -0.4 is 21.3 Å². The molecule has 4 aromatic heterocycles. The van der Waals surface area contributed by atoms with Gasteiger partial charge in [0, 0.05) is 254 Å². The number of amides is 3. The molecule has 16 heterocycles. The van der Waals surface area contributed by atoms with Crippen LogP contribution in [0, 0.1) is 25.5 Å². The first-order valence-electron chi connectivity index (χ1n) is 47.9. The number of aromatic nitrogens is 8. The molecule has 36 heteroatoms. The highest BCUT2D eigenvalue weighted by atomic mass is 35.5. The lowest BCUT2D eigenvalue weighted by molar-refractivity contribution is -0.0958. The van der Waals surface area contributed by atoms with Crippen LogP contribution in [0.15, 0.2) is 85.2 Å². The summed E-state index contributed by atoms with van der Waals surface area (Å²) in [6, 6.07) is 24.8. The molecule has 12 aliphatic rings. The van der Waals surface area contributed by atoms with Crippen LogP contribution >= 0.6 is 11.6 Å². The molecule has 2 aromatic carbocycles. The minimum atomic E-state index is -0.923. The maximum atomic E-state index is 14.3. The quantitative estimate of drug-likeness (QED) is 0.0205. The summed E-state index contributed by atoms with van der Waals surface area (Å²) in [6.07, 6.45) is 10.2. The Morgan fingerprint density at radius 2 is 0.955 bits per heavy atom. The number of benzene rings is 2. The monoisotopic (exact) mass is 1880 g/mol. The summed E-state index contributed by atoms with van der Waals surface area (Å²) in [5, 5.41) is 56.0. The average Bonchev–Trinajstić information content (AvgIpc) is 1.56. The Kier molecular flexibility index (Phi) is 36.7. The van der Waals surface area contributed by atoms with Crippen LogP contribution in [0.5, 0.6) is 0 Å². The number of urea groups is 1. The third-order valence-corrected chi connectivity index (χ3v) is 28.1. The number of aryl methyl sites for hydroxylation is 2. The summed E-state index contributed by atoms with van der Waals surface area (Å²) in [4.78, 5) is 71.3. The molecule has 133 heavy (non-hydrogen) atoms. The number of nitrogens with zero attached hydrogens (tertiary/aromatic N) is 15. The van der Waals surface area contributed by atoms with Crippen molar-refractivity contribution in [3.05, 3.63) is 142 Å². The first-order valence-corrected chi connectivity index (χ1v) is 48.3. The third kappa shape index (κ3) is 28.2. The molecule has 0 aliphatic carbocycles. The molecule has 12 aliphatic heterocycles. The van der Waals surface area contributed by atoms with Gasteiger partial charge >= 0.3 is 17.5 Å². The number of rotatable bonds is 15. The number of aromatic amines is 1. The average molecular weight is 1880 g/mol. The summed E-state index contributed by atoms with van der Waals surface area (Å²) >= 11 is 5.71. The Morgan fingerprint density at radius 1 is 0.541 bits per heavy atom. The van der Waals surface area contributed by atoms with Crippen LogP contribution in [0.4, 0.5) is 46.4 Å². The number of carbonyl (C=O) groups is 3. The number of piperazine rings is 4. The van der Waals surface area contributed by atoms with Crippen LogP contribution in [0.1, 0.15) is 205 Å². The first-order chi connectivity index (χ1) is 63.4. The van der Waals surface area contributed by atoms with Gasteiger partial charge in [-0.3, -0.25) is 34.4 Å². The number of aliphatic hydroxyl groups is 3. The number of nitrogens with one attached hydrogen (secondary N) is 5. The van der Waals surface area contributed by atoms with Gasteiger partial charge < -0.3 is 84.4 Å². The molecule has 0 radical (unpaired) electrons. The van der Waals surface area contributed by atoms with Crippen molar-refractivity contribution >= 4 is 52.4 Å². The number of halogens is 3. The zero-order valence-electron chi connectivity index (χ0n) is 81.2. The lowest BCUT2D eigenvalue weighted by Gasteiger charge is -2.49. The minimum Gasteiger partial charge on any atom is -0.448 e. The molecular formula is C97H157ClF2N20O13. The van der Waals surface area contributed by atoms with E-state index in [1.54, 1.807) is 34.6 Å². The number of ether oxygens (including phenoxy) is 7. The van der Waals surface area contributed by atoms with Gasteiger partial charge in [0.2, 0.25) is 0 Å². The predicted octanol–water partition coefficient (Wildman–Crippen LogP) is 12.9. The summed E-state index contributed by atoms with van der Waals surface area (Å²) in [6.45, 7) is 55.0. The van der Waals surface area contributed by atoms with Gasteiger partial charge in [0.25, 0.3) is 0 Å². The van der Waals surface area contributed by atoms with Crippen LogP contribution in [-0.2, 0) is 70.4 Å². The minimum absolute atomic E-state index is 0. The molecule has 0 unspecified atom stereocenters. The molecule has 33 nitrogen and oxygen atoms in total. The molecular weight excluding hydrogens is 1730 g/mol. The van der Waals surface area contributed by atoms with Gasteiger partial charge in [-0.25, -0.2) is 38.3 Å². The largest absolute Gasteiger partial charge is 0.448 e. The standard InChI is InChI=1S/C25H37FN8O3.C19H30N2O2.C16H18ClFN6O3.C13H20N2.C12H24N2O2.C6H10O2.C6H10O.4H2/c1-15-12-33(16(2)11-32(15)14-25(36)6-8-37-9-7-25)23(35)34-13-18-20(24(34,4)5)30-31-21(18)29-22-19(26)10-27-17(3)28-22;1-16-13-21(15-19(22)8-10-23-11-9-19)17(2)12-20(16)14-18-6-4-3-5-7-18;1-5-27-15(26)24-11-9(7-23(14(17)25)16(11,3)4)12(22-24)21-13-10(18)6-19-8(2)20-13;1-11-9-15(12(2)8-14-11)10-13-6-4-3-5-7-13;1-10-8-14(11(2)7-13-10)9-12(15)3-5-16-6-4-12;1-3-7-4-2-6(1)5-8-6;1-6-2-4-7-5-3-6;;;;/h10,15-16,36H,6-9,11-14H2,1-5H3,(H2,27,28,29,30,31);3-7,16-17,22H,8-15H2,1-2H3;6H,5,7H2,1-4H3,(H,19,20,21,22);3-7,11-12,14H,8-10H2,1-2H3;10-11,13,15H,3-9H2,1-2H3;1-5H2;1-5H2;4*1H/t15-,16+;16-,17+;;11-,12+;10-,11+;;;;;;/m10.10....../s1. The van der Waals surface area contributed by atoms with Crippen LogP contribution in [0.3, 0.4) is 0 Å². The van der Waals surface area contributed by atoms with Gasteiger partial charge in [-0.1, -0.05) is 72.8 Å². The molecule has 0 bridgehead atoms. The van der Waals surface area contributed by atoms with Crippen molar-refractivity contribution in [3.8, 4) is 0 Å². The molecule has 0 saturated carbocycles. The van der Waals surface area contributed by atoms with E-state index in [1.165, 1.54) is 21.6 Å². The van der Waals surface area contributed by atoms with Crippen LogP contribution in [0.25, 0.3) is 0 Å². The molecule has 18 rings (SSSR count). The van der Waals surface area contributed by atoms with Crippen molar-refractivity contribution in [1.29, 1.82) is 0 Å². The normalized spacial score (nSPS) is 25.8. The van der Waals surface area contributed by atoms with Crippen molar-refractivity contribution in [2.45, 2.75) is 276 Å². The number of hydrogen-bond donors (Lipinski definition) is 8. The highest BCUT2D eigenvalue weighted by molar-refractivity contribution is 6.62. The van der Waals surface area contributed by atoms with Crippen molar-refractivity contribution < 1.29 is 77.3 Å². The molecule has 6 aromatic rings. The van der Waals surface area contributed by atoms with Gasteiger partial charge in [-0.15, -0.1) is 5.10 Å². The van der Waals surface area contributed by atoms with E-state index in [0.29, 0.717) is 149 Å². The summed E-state index contributed by atoms with van der Waals surface area (Å²) in [7, 11) is 0. The maximum Gasteiger partial charge on any atom is 0.435 e.